The highest BCUT2D eigenvalue weighted by molar-refractivity contribution is 9.10. The van der Waals surface area contributed by atoms with Crippen molar-refractivity contribution in [2.24, 2.45) is 0 Å². The Morgan fingerprint density at radius 1 is 1.20 bits per heavy atom. The van der Waals surface area contributed by atoms with Crippen LogP contribution in [0.3, 0.4) is 0 Å². The lowest BCUT2D eigenvalue weighted by Gasteiger charge is -2.35. The third-order valence-electron chi connectivity index (χ3n) is 4.37. The molecule has 1 aliphatic rings. The first-order chi connectivity index (χ1) is 12.1. The highest BCUT2D eigenvalue weighted by Gasteiger charge is 2.22. The first-order valence-electron chi connectivity index (χ1n) is 7.87. The van der Waals surface area contributed by atoms with Crippen molar-refractivity contribution in [3.05, 3.63) is 45.5 Å². The van der Waals surface area contributed by atoms with E-state index in [1.165, 1.54) is 18.5 Å². The molecule has 1 saturated heterocycles. The average molecular weight is 426 g/mol. The quantitative estimate of drug-likeness (QED) is 0.698. The highest BCUT2D eigenvalue weighted by Crippen LogP contribution is 2.29. The summed E-state index contributed by atoms with van der Waals surface area (Å²) in [7, 11) is 0. The van der Waals surface area contributed by atoms with Crippen LogP contribution in [0.5, 0.6) is 0 Å². The van der Waals surface area contributed by atoms with Gasteiger partial charge in [-0.2, -0.15) is 5.10 Å². The second kappa shape index (κ2) is 6.86. The number of aromatic amines is 1. The normalized spacial score (nSPS) is 15.9. The van der Waals surface area contributed by atoms with Gasteiger partial charge in [-0.05, 0) is 33.6 Å². The zero-order valence-electron chi connectivity index (χ0n) is 13.2. The SMILES string of the molecule is Fc1ccc(CN2CCN(c3ncnc4n[nH]c(Br)c34)CC2)c(Cl)c1. The molecular weight excluding hydrogens is 411 g/mol. The molecule has 6 nitrogen and oxygen atoms in total. The molecule has 1 aliphatic heterocycles. The van der Waals surface area contributed by atoms with Crippen molar-refractivity contribution >= 4 is 44.4 Å². The molecule has 0 bridgehead atoms. The molecule has 3 aromatic rings. The summed E-state index contributed by atoms with van der Waals surface area (Å²) in [5, 5.41) is 8.42. The number of hydrogen-bond donors (Lipinski definition) is 1. The van der Waals surface area contributed by atoms with E-state index in [0.29, 0.717) is 17.2 Å². The zero-order chi connectivity index (χ0) is 17.4. The van der Waals surface area contributed by atoms with E-state index in [1.54, 1.807) is 6.07 Å². The maximum absolute atomic E-state index is 13.2. The van der Waals surface area contributed by atoms with Crippen molar-refractivity contribution in [1.29, 1.82) is 0 Å². The van der Waals surface area contributed by atoms with Gasteiger partial charge in [0.15, 0.2) is 5.65 Å². The summed E-state index contributed by atoms with van der Waals surface area (Å²) in [5.74, 6) is 0.571. The van der Waals surface area contributed by atoms with Crippen molar-refractivity contribution in [2.45, 2.75) is 6.54 Å². The number of H-pyrrole nitrogens is 1. The standard InChI is InChI=1S/C16H15BrClFN6/c17-14-13-15(23-22-14)20-9-21-16(13)25-5-3-24(4-6-25)8-10-1-2-11(19)7-12(10)18/h1-2,7,9H,3-6,8H2,(H,20,21,22,23). The number of anilines is 1. The Bertz CT molecular complexity index is 909. The predicted octanol–water partition coefficient (Wildman–Crippen LogP) is 3.23. The molecule has 0 spiro atoms. The lowest BCUT2D eigenvalue weighted by atomic mass is 10.2. The zero-order valence-corrected chi connectivity index (χ0v) is 15.6. The number of piperazine rings is 1. The van der Waals surface area contributed by atoms with Gasteiger partial charge in [-0.3, -0.25) is 10.00 Å². The molecule has 3 heterocycles. The van der Waals surface area contributed by atoms with Crippen LogP contribution in [0.1, 0.15) is 5.56 Å². The number of fused-ring (bicyclic) bond motifs is 1. The van der Waals surface area contributed by atoms with Crippen LogP contribution in [0.15, 0.2) is 29.1 Å². The van der Waals surface area contributed by atoms with Gasteiger partial charge in [0.05, 0.1) is 5.39 Å². The van der Waals surface area contributed by atoms with Crippen molar-refractivity contribution in [3.8, 4) is 0 Å². The largest absolute Gasteiger partial charge is 0.353 e. The summed E-state index contributed by atoms with van der Waals surface area (Å²) in [4.78, 5) is 13.2. The Balaban J connectivity index is 1.47. The molecule has 25 heavy (non-hydrogen) atoms. The maximum Gasteiger partial charge on any atom is 0.187 e. The van der Waals surface area contributed by atoms with Gasteiger partial charge < -0.3 is 4.90 Å². The Labute approximate surface area is 157 Å². The molecule has 0 atom stereocenters. The average Bonchev–Trinajstić information content (AvgIpc) is 3.00. The summed E-state index contributed by atoms with van der Waals surface area (Å²) in [5.41, 5.74) is 1.59. The van der Waals surface area contributed by atoms with Crippen LogP contribution in [0.2, 0.25) is 5.02 Å². The van der Waals surface area contributed by atoms with Gasteiger partial charge in [0, 0.05) is 37.7 Å². The molecule has 0 unspecified atom stereocenters. The van der Waals surface area contributed by atoms with E-state index < -0.39 is 0 Å². The molecule has 130 valence electrons. The monoisotopic (exact) mass is 424 g/mol. The van der Waals surface area contributed by atoms with Gasteiger partial charge in [-0.25, -0.2) is 14.4 Å². The van der Waals surface area contributed by atoms with Crippen LogP contribution in [0.25, 0.3) is 11.0 Å². The van der Waals surface area contributed by atoms with E-state index in [2.05, 4.69) is 45.9 Å². The minimum atomic E-state index is -0.308. The molecule has 0 aliphatic carbocycles. The number of nitrogens with one attached hydrogen (secondary N) is 1. The van der Waals surface area contributed by atoms with E-state index in [1.807, 2.05) is 0 Å². The van der Waals surface area contributed by atoms with Gasteiger partial charge in [-0.15, -0.1) is 0 Å². The third-order valence-corrected chi connectivity index (χ3v) is 5.29. The van der Waals surface area contributed by atoms with Crippen LogP contribution in [0, 0.1) is 5.82 Å². The van der Waals surface area contributed by atoms with E-state index >= 15 is 0 Å². The fourth-order valence-electron chi connectivity index (χ4n) is 3.05. The van der Waals surface area contributed by atoms with Crippen LogP contribution in [-0.4, -0.2) is 51.2 Å². The van der Waals surface area contributed by atoms with Crippen molar-refractivity contribution in [3.63, 3.8) is 0 Å². The summed E-state index contributed by atoms with van der Waals surface area (Å²) in [6, 6.07) is 4.56. The molecular formula is C16H15BrClFN6. The molecule has 9 heteroatoms. The van der Waals surface area contributed by atoms with Crippen molar-refractivity contribution in [2.75, 3.05) is 31.1 Å². The van der Waals surface area contributed by atoms with Gasteiger partial charge in [0.2, 0.25) is 0 Å². The summed E-state index contributed by atoms with van der Waals surface area (Å²) >= 11 is 9.61. The van der Waals surface area contributed by atoms with Gasteiger partial charge >= 0.3 is 0 Å². The fourth-order valence-corrected chi connectivity index (χ4v) is 3.73. The second-order valence-corrected chi connectivity index (χ2v) is 7.13. The minimum Gasteiger partial charge on any atom is -0.353 e. The number of aromatic nitrogens is 4. The van der Waals surface area contributed by atoms with E-state index in [4.69, 9.17) is 11.6 Å². The smallest absolute Gasteiger partial charge is 0.187 e. The number of nitrogens with zero attached hydrogens (tertiary/aromatic N) is 5. The summed E-state index contributed by atoms with van der Waals surface area (Å²) in [6.45, 7) is 4.12. The first kappa shape index (κ1) is 16.7. The molecule has 0 radical (unpaired) electrons. The summed E-state index contributed by atoms with van der Waals surface area (Å²) in [6.07, 6.45) is 1.54. The lowest BCUT2D eigenvalue weighted by molar-refractivity contribution is 0.249. The number of halogens is 3. The first-order valence-corrected chi connectivity index (χ1v) is 9.05. The van der Waals surface area contributed by atoms with Crippen LogP contribution in [0.4, 0.5) is 10.2 Å². The Kier molecular flexibility index (Phi) is 4.58. The van der Waals surface area contributed by atoms with Crippen LogP contribution in [-0.2, 0) is 6.54 Å². The number of benzene rings is 1. The van der Waals surface area contributed by atoms with Crippen LogP contribution >= 0.6 is 27.5 Å². The fraction of sp³-hybridized carbons (Fsp3) is 0.312. The number of rotatable bonds is 3. The van der Waals surface area contributed by atoms with Crippen molar-refractivity contribution in [1.82, 2.24) is 25.1 Å². The van der Waals surface area contributed by atoms with Crippen molar-refractivity contribution < 1.29 is 4.39 Å². The maximum atomic E-state index is 13.2. The molecule has 1 aromatic carbocycles. The molecule has 0 amide bonds. The molecule has 0 saturated carbocycles. The third kappa shape index (κ3) is 3.33. The summed E-state index contributed by atoms with van der Waals surface area (Å²) < 4.78 is 14.0. The van der Waals surface area contributed by atoms with E-state index in [9.17, 15) is 4.39 Å². The molecule has 1 fully saturated rings. The second-order valence-electron chi connectivity index (χ2n) is 5.93. The Hall–Kier alpha value is -1.77. The van der Waals surface area contributed by atoms with Gasteiger partial charge in [0.1, 0.15) is 22.6 Å². The Morgan fingerprint density at radius 3 is 2.76 bits per heavy atom. The van der Waals surface area contributed by atoms with E-state index in [0.717, 1.165) is 47.5 Å². The predicted molar refractivity (Wildman–Crippen MR) is 98.3 cm³/mol. The molecule has 1 N–H and O–H groups in total. The molecule has 2 aromatic heterocycles. The lowest BCUT2D eigenvalue weighted by Crippen LogP contribution is -2.46. The minimum absolute atomic E-state index is 0.308. The van der Waals surface area contributed by atoms with Crippen LogP contribution < -0.4 is 4.90 Å². The Morgan fingerprint density at radius 2 is 2.00 bits per heavy atom. The van der Waals surface area contributed by atoms with Gasteiger partial charge in [-0.1, -0.05) is 17.7 Å². The number of hydrogen-bond acceptors (Lipinski definition) is 5. The topological polar surface area (TPSA) is 60.9 Å². The van der Waals surface area contributed by atoms with Gasteiger partial charge in [0.25, 0.3) is 0 Å². The van der Waals surface area contributed by atoms with E-state index in [-0.39, 0.29) is 5.82 Å². The molecule has 4 rings (SSSR count). The highest BCUT2D eigenvalue weighted by atomic mass is 79.9.